The van der Waals surface area contributed by atoms with E-state index in [9.17, 15) is 0 Å². The summed E-state index contributed by atoms with van der Waals surface area (Å²) in [4.78, 5) is 0. The molecule has 0 bridgehead atoms. The van der Waals surface area contributed by atoms with E-state index in [1.807, 2.05) is 18.2 Å². The van der Waals surface area contributed by atoms with Gasteiger partial charge in [0.15, 0.2) is 0 Å². The molecule has 0 radical (unpaired) electrons. The SMILES string of the molecule is Cc1cc(C2CC(N)c3cc(Cl)ccc3O2)ccc1Br. The second-order valence-corrected chi connectivity index (χ2v) is 6.43. The van der Waals surface area contributed by atoms with E-state index in [1.165, 1.54) is 5.56 Å². The Labute approximate surface area is 132 Å². The van der Waals surface area contributed by atoms with Gasteiger partial charge in [0.1, 0.15) is 11.9 Å². The van der Waals surface area contributed by atoms with Crippen LogP contribution in [0.25, 0.3) is 0 Å². The predicted molar refractivity (Wildman–Crippen MR) is 85.2 cm³/mol. The van der Waals surface area contributed by atoms with Gasteiger partial charge in [-0.1, -0.05) is 39.7 Å². The molecule has 2 aromatic carbocycles. The van der Waals surface area contributed by atoms with E-state index < -0.39 is 0 Å². The van der Waals surface area contributed by atoms with Crippen molar-refractivity contribution in [2.75, 3.05) is 0 Å². The monoisotopic (exact) mass is 351 g/mol. The highest BCUT2D eigenvalue weighted by atomic mass is 79.9. The van der Waals surface area contributed by atoms with Crippen molar-refractivity contribution in [1.29, 1.82) is 0 Å². The summed E-state index contributed by atoms with van der Waals surface area (Å²) >= 11 is 9.54. The second kappa shape index (κ2) is 5.40. The molecule has 2 unspecified atom stereocenters. The Morgan fingerprint density at radius 3 is 2.80 bits per heavy atom. The van der Waals surface area contributed by atoms with Crippen molar-refractivity contribution < 1.29 is 4.74 Å². The van der Waals surface area contributed by atoms with Gasteiger partial charge in [-0.2, -0.15) is 0 Å². The summed E-state index contributed by atoms with van der Waals surface area (Å²) in [7, 11) is 0. The fourth-order valence-electron chi connectivity index (χ4n) is 2.55. The summed E-state index contributed by atoms with van der Waals surface area (Å²) in [6.45, 7) is 2.07. The number of benzene rings is 2. The van der Waals surface area contributed by atoms with E-state index in [4.69, 9.17) is 22.1 Å². The summed E-state index contributed by atoms with van der Waals surface area (Å²) < 4.78 is 7.19. The molecule has 0 fully saturated rings. The van der Waals surface area contributed by atoms with Gasteiger partial charge in [-0.15, -0.1) is 0 Å². The first-order chi connectivity index (χ1) is 9.54. The lowest BCUT2D eigenvalue weighted by molar-refractivity contribution is 0.161. The molecule has 3 rings (SSSR count). The van der Waals surface area contributed by atoms with E-state index in [0.29, 0.717) is 5.02 Å². The Bertz CT molecular complexity index is 659. The molecule has 0 aliphatic carbocycles. The van der Waals surface area contributed by atoms with Crippen LogP contribution in [0.1, 0.15) is 35.3 Å². The molecule has 2 aromatic rings. The standard InChI is InChI=1S/C16H15BrClNO/c1-9-6-10(2-4-13(9)17)16-8-14(19)12-7-11(18)3-5-15(12)20-16/h2-7,14,16H,8,19H2,1H3. The maximum atomic E-state index is 6.26. The quantitative estimate of drug-likeness (QED) is 0.789. The van der Waals surface area contributed by atoms with E-state index in [-0.39, 0.29) is 12.1 Å². The molecule has 1 aliphatic heterocycles. The molecule has 0 amide bonds. The minimum absolute atomic E-state index is 0.00882. The molecule has 1 aliphatic rings. The maximum Gasteiger partial charge on any atom is 0.126 e. The third-order valence-electron chi connectivity index (χ3n) is 3.66. The van der Waals surface area contributed by atoms with Gasteiger partial charge in [-0.3, -0.25) is 0 Å². The maximum absolute atomic E-state index is 6.26. The lowest BCUT2D eigenvalue weighted by atomic mass is 9.93. The van der Waals surface area contributed by atoms with Crippen LogP contribution in [0.4, 0.5) is 0 Å². The van der Waals surface area contributed by atoms with Crippen LogP contribution < -0.4 is 10.5 Å². The second-order valence-electron chi connectivity index (χ2n) is 5.14. The molecular weight excluding hydrogens is 338 g/mol. The van der Waals surface area contributed by atoms with Crippen molar-refractivity contribution >= 4 is 27.5 Å². The van der Waals surface area contributed by atoms with Gasteiger partial charge in [0.2, 0.25) is 0 Å². The minimum Gasteiger partial charge on any atom is -0.485 e. The number of fused-ring (bicyclic) bond motifs is 1. The lowest BCUT2D eigenvalue weighted by Crippen LogP contribution is -2.24. The van der Waals surface area contributed by atoms with Crippen LogP contribution in [0.2, 0.25) is 5.02 Å². The van der Waals surface area contributed by atoms with Crippen LogP contribution in [0.5, 0.6) is 5.75 Å². The fourth-order valence-corrected chi connectivity index (χ4v) is 2.97. The number of hydrogen-bond donors (Lipinski definition) is 1. The van der Waals surface area contributed by atoms with Crippen molar-refractivity contribution in [2.45, 2.75) is 25.5 Å². The smallest absolute Gasteiger partial charge is 0.126 e. The van der Waals surface area contributed by atoms with Crippen LogP contribution in [0.15, 0.2) is 40.9 Å². The van der Waals surface area contributed by atoms with Crippen molar-refractivity contribution in [3.8, 4) is 5.75 Å². The van der Waals surface area contributed by atoms with Crippen LogP contribution >= 0.6 is 27.5 Å². The first-order valence-corrected chi connectivity index (χ1v) is 7.69. The van der Waals surface area contributed by atoms with Crippen molar-refractivity contribution in [3.05, 3.63) is 62.6 Å². The molecular formula is C16H15BrClNO. The summed E-state index contributed by atoms with van der Waals surface area (Å²) in [6, 6.07) is 11.9. The molecule has 2 atom stereocenters. The highest BCUT2D eigenvalue weighted by molar-refractivity contribution is 9.10. The third kappa shape index (κ3) is 2.58. The van der Waals surface area contributed by atoms with Crippen molar-refractivity contribution in [2.24, 2.45) is 5.73 Å². The molecule has 0 saturated carbocycles. The Balaban J connectivity index is 1.94. The lowest BCUT2D eigenvalue weighted by Gasteiger charge is -2.31. The van der Waals surface area contributed by atoms with Gasteiger partial charge in [0.05, 0.1) is 0 Å². The molecule has 0 aromatic heterocycles. The van der Waals surface area contributed by atoms with E-state index >= 15 is 0 Å². The number of nitrogens with two attached hydrogens (primary N) is 1. The molecule has 1 heterocycles. The van der Waals surface area contributed by atoms with E-state index in [0.717, 1.165) is 27.8 Å². The number of hydrogen-bond acceptors (Lipinski definition) is 2. The summed E-state index contributed by atoms with van der Waals surface area (Å²) in [5.74, 6) is 0.832. The van der Waals surface area contributed by atoms with Gasteiger partial charge in [-0.05, 0) is 42.3 Å². The number of aryl methyl sites for hydroxylation is 1. The zero-order valence-electron chi connectivity index (χ0n) is 11.1. The van der Waals surface area contributed by atoms with Gasteiger partial charge in [0, 0.05) is 27.5 Å². The highest BCUT2D eigenvalue weighted by Gasteiger charge is 2.27. The predicted octanol–water partition coefficient (Wildman–Crippen LogP) is 4.93. The third-order valence-corrected chi connectivity index (χ3v) is 4.79. The van der Waals surface area contributed by atoms with E-state index in [1.54, 1.807) is 0 Å². The van der Waals surface area contributed by atoms with Gasteiger partial charge >= 0.3 is 0 Å². The molecule has 104 valence electrons. The normalized spacial score (nSPS) is 21.2. The molecule has 20 heavy (non-hydrogen) atoms. The first-order valence-electron chi connectivity index (χ1n) is 6.52. The highest BCUT2D eigenvalue weighted by Crippen LogP contribution is 2.41. The average Bonchev–Trinajstić information content (AvgIpc) is 2.42. The van der Waals surface area contributed by atoms with Crippen LogP contribution in [-0.4, -0.2) is 0 Å². The topological polar surface area (TPSA) is 35.2 Å². The zero-order valence-corrected chi connectivity index (χ0v) is 13.4. The van der Waals surface area contributed by atoms with Crippen LogP contribution in [0, 0.1) is 6.92 Å². The molecule has 4 heteroatoms. The number of rotatable bonds is 1. The number of halogens is 2. The van der Waals surface area contributed by atoms with Gasteiger partial charge in [0.25, 0.3) is 0 Å². The first kappa shape index (κ1) is 13.9. The fraction of sp³-hybridized carbons (Fsp3) is 0.250. The Kier molecular flexibility index (Phi) is 3.76. The molecule has 2 N–H and O–H groups in total. The summed E-state index contributed by atoms with van der Waals surface area (Å²) in [6.07, 6.45) is 0.750. The zero-order chi connectivity index (χ0) is 14.3. The summed E-state index contributed by atoms with van der Waals surface area (Å²) in [5, 5.41) is 0.695. The molecule has 2 nitrogen and oxygen atoms in total. The Morgan fingerprint density at radius 1 is 1.25 bits per heavy atom. The molecule has 0 spiro atoms. The Hall–Kier alpha value is -1.03. The van der Waals surface area contributed by atoms with Crippen molar-refractivity contribution in [1.82, 2.24) is 0 Å². The Morgan fingerprint density at radius 2 is 2.05 bits per heavy atom. The molecule has 0 saturated heterocycles. The number of ether oxygens (including phenoxy) is 1. The van der Waals surface area contributed by atoms with Crippen molar-refractivity contribution in [3.63, 3.8) is 0 Å². The van der Waals surface area contributed by atoms with Crippen LogP contribution in [-0.2, 0) is 0 Å². The van der Waals surface area contributed by atoms with Crippen LogP contribution in [0.3, 0.4) is 0 Å². The van der Waals surface area contributed by atoms with E-state index in [2.05, 4.69) is 41.1 Å². The summed E-state index contributed by atoms with van der Waals surface area (Å²) in [5.41, 5.74) is 9.60. The van der Waals surface area contributed by atoms with Gasteiger partial charge < -0.3 is 10.5 Å². The minimum atomic E-state index is -0.0496. The van der Waals surface area contributed by atoms with Gasteiger partial charge in [-0.25, -0.2) is 0 Å². The average molecular weight is 353 g/mol. The largest absolute Gasteiger partial charge is 0.485 e.